The van der Waals surface area contributed by atoms with E-state index in [1.54, 1.807) is 0 Å². The van der Waals surface area contributed by atoms with E-state index in [0.717, 1.165) is 22.3 Å². The number of hydrogen-bond acceptors (Lipinski definition) is 2. The molecular weight excluding hydrogens is 314 g/mol. The van der Waals surface area contributed by atoms with Crippen LogP contribution in [0.15, 0.2) is 22.7 Å². The summed E-state index contributed by atoms with van der Waals surface area (Å²) in [6.45, 7) is 10.8. The van der Waals surface area contributed by atoms with Crippen LogP contribution >= 0.6 is 15.9 Å². The molecule has 4 heteroatoms. The van der Waals surface area contributed by atoms with Gasteiger partial charge in [0.2, 0.25) is 0 Å². The molecule has 0 saturated heterocycles. The lowest BCUT2D eigenvalue weighted by molar-refractivity contribution is 0.404. The Morgan fingerprint density at radius 1 is 1.25 bits per heavy atom. The third-order valence-electron chi connectivity index (χ3n) is 3.22. The minimum absolute atomic E-state index is 0.176. The molecule has 0 unspecified atom stereocenters. The third-order valence-corrected chi connectivity index (χ3v) is 4.08. The van der Waals surface area contributed by atoms with Gasteiger partial charge < -0.3 is 5.73 Å². The first-order valence-corrected chi connectivity index (χ1v) is 7.59. The molecular formula is C16H22BrN3. The van der Waals surface area contributed by atoms with Crippen molar-refractivity contribution in [3.05, 3.63) is 39.5 Å². The molecule has 3 nitrogen and oxygen atoms in total. The number of nitrogens with two attached hydrogens (primary N) is 1. The molecule has 0 saturated carbocycles. The standard InChI is InChI=1S/C16H22BrN3/c1-10-6-7-11(2)13(8-10)20-15(18)14(17)12(19-20)9-16(3,4)5/h6-8H,9,18H2,1-5H3. The summed E-state index contributed by atoms with van der Waals surface area (Å²) in [4.78, 5) is 0. The van der Waals surface area contributed by atoms with Gasteiger partial charge >= 0.3 is 0 Å². The molecule has 2 rings (SSSR count). The molecule has 0 aliphatic heterocycles. The van der Waals surface area contributed by atoms with Crippen LogP contribution in [0.3, 0.4) is 0 Å². The molecule has 0 amide bonds. The van der Waals surface area contributed by atoms with Crippen LogP contribution in [0.1, 0.15) is 37.6 Å². The molecule has 2 N–H and O–H groups in total. The zero-order valence-corrected chi connectivity index (χ0v) is 14.4. The van der Waals surface area contributed by atoms with Gasteiger partial charge in [-0.3, -0.25) is 0 Å². The molecule has 1 aromatic carbocycles. The van der Waals surface area contributed by atoms with Crippen LogP contribution in [0.5, 0.6) is 0 Å². The molecule has 0 aliphatic carbocycles. The van der Waals surface area contributed by atoms with Gasteiger partial charge in [-0.2, -0.15) is 5.10 Å². The minimum Gasteiger partial charge on any atom is -0.383 e. The lowest BCUT2D eigenvalue weighted by Gasteiger charge is -2.16. The average molecular weight is 336 g/mol. The van der Waals surface area contributed by atoms with E-state index in [4.69, 9.17) is 10.8 Å². The topological polar surface area (TPSA) is 43.8 Å². The highest BCUT2D eigenvalue weighted by molar-refractivity contribution is 9.10. The highest BCUT2D eigenvalue weighted by Crippen LogP contribution is 2.32. The first-order valence-electron chi connectivity index (χ1n) is 6.79. The number of nitrogens with zero attached hydrogens (tertiary/aromatic N) is 2. The van der Waals surface area contributed by atoms with Gasteiger partial charge in [-0.15, -0.1) is 0 Å². The quantitative estimate of drug-likeness (QED) is 0.882. The Labute approximate surface area is 129 Å². The Balaban J connectivity index is 2.53. The molecule has 108 valence electrons. The maximum Gasteiger partial charge on any atom is 0.141 e. The van der Waals surface area contributed by atoms with Gasteiger partial charge in [-0.25, -0.2) is 4.68 Å². The Morgan fingerprint density at radius 2 is 1.90 bits per heavy atom. The predicted molar refractivity (Wildman–Crippen MR) is 88.3 cm³/mol. The van der Waals surface area contributed by atoms with Gasteiger partial charge in [0.05, 0.1) is 15.9 Å². The maximum absolute atomic E-state index is 6.23. The second kappa shape index (κ2) is 5.24. The maximum atomic E-state index is 6.23. The van der Waals surface area contributed by atoms with Crippen LogP contribution in [0.4, 0.5) is 5.82 Å². The highest BCUT2D eigenvalue weighted by Gasteiger charge is 2.20. The van der Waals surface area contributed by atoms with E-state index in [0.29, 0.717) is 5.82 Å². The largest absolute Gasteiger partial charge is 0.383 e. The van der Waals surface area contributed by atoms with Crippen molar-refractivity contribution in [1.82, 2.24) is 9.78 Å². The van der Waals surface area contributed by atoms with Crippen LogP contribution in [0.2, 0.25) is 0 Å². The molecule has 0 bridgehead atoms. The molecule has 0 radical (unpaired) electrons. The van der Waals surface area contributed by atoms with E-state index >= 15 is 0 Å². The van der Waals surface area contributed by atoms with Crippen LogP contribution in [0.25, 0.3) is 5.69 Å². The SMILES string of the molecule is Cc1ccc(C)c(-n2nc(CC(C)(C)C)c(Br)c2N)c1. The van der Waals surface area contributed by atoms with E-state index in [2.05, 4.69) is 68.7 Å². The van der Waals surface area contributed by atoms with Crippen molar-refractivity contribution in [2.75, 3.05) is 5.73 Å². The first-order chi connectivity index (χ1) is 9.19. The Morgan fingerprint density at radius 3 is 2.50 bits per heavy atom. The number of hydrogen-bond donors (Lipinski definition) is 1. The molecule has 2 aromatic rings. The van der Waals surface area contributed by atoms with Crippen molar-refractivity contribution in [3.8, 4) is 5.69 Å². The fourth-order valence-corrected chi connectivity index (χ4v) is 2.59. The van der Waals surface area contributed by atoms with Gasteiger partial charge in [0.1, 0.15) is 5.82 Å². The zero-order valence-electron chi connectivity index (χ0n) is 12.8. The number of benzene rings is 1. The van der Waals surface area contributed by atoms with E-state index in [9.17, 15) is 0 Å². The first kappa shape index (κ1) is 15.1. The van der Waals surface area contributed by atoms with E-state index in [-0.39, 0.29) is 5.41 Å². The third kappa shape index (κ3) is 3.06. The number of halogens is 1. The van der Waals surface area contributed by atoms with Gasteiger partial charge in [0, 0.05) is 0 Å². The van der Waals surface area contributed by atoms with E-state index < -0.39 is 0 Å². The van der Waals surface area contributed by atoms with Crippen molar-refractivity contribution < 1.29 is 0 Å². The van der Waals surface area contributed by atoms with Gasteiger partial charge in [0.15, 0.2) is 0 Å². The van der Waals surface area contributed by atoms with Crippen molar-refractivity contribution in [2.24, 2.45) is 5.41 Å². The summed E-state index contributed by atoms with van der Waals surface area (Å²) in [5.41, 5.74) is 10.8. The second-order valence-electron chi connectivity index (χ2n) is 6.59. The fourth-order valence-electron chi connectivity index (χ4n) is 2.21. The fraction of sp³-hybridized carbons (Fsp3) is 0.438. The summed E-state index contributed by atoms with van der Waals surface area (Å²) < 4.78 is 2.75. The summed E-state index contributed by atoms with van der Waals surface area (Å²) >= 11 is 3.59. The number of anilines is 1. The van der Waals surface area contributed by atoms with Gasteiger partial charge in [-0.05, 0) is 58.8 Å². The lowest BCUT2D eigenvalue weighted by atomic mass is 9.91. The van der Waals surface area contributed by atoms with Crippen molar-refractivity contribution in [3.63, 3.8) is 0 Å². The molecule has 1 aromatic heterocycles. The van der Waals surface area contributed by atoms with Crippen molar-refractivity contribution >= 4 is 21.7 Å². The average Bonchev–Trinajstić information content (AvgIpc) is 2.59. The Hall–Kier alpha value is -1.29. The molecule has 0 spiro atoms. The smallest absolute Gasteiger partial charge is 0.141 e. The van der Waals surface area contributed by atoms with E-state index in [1.807, 2.05) is 4.68 Å². The number of nitrogen functional groups attached to an aromatic ring is 1. The molecule has 0 atom stereocenters. The number of rotatable bonds is 2. The summed E-state index contributed by atoms with van der Waals surface area (Å²) in [5, 5.41) is 4.71. The zero-order chi connectivity index (χ0) is 15.1. The normalized spacial score (nSPS) is 11.9. The summed E-state index contributed by atoms with van der Waals surface area (Å²) in [6.07, 6.45) is 0.885. The second-order valence-corrected chi connectivity index (χ2v) is 7.38. The van der Waals surface area contributed by atoms with Crippen LogP contribution in [-0.4, -0.2) is 9.78 Å². The summed E-state index contributed by atoms with van der Waals surface area (Å²) in [7, 11) is 0. The van der Waals surface area contributed by atoms with E-state index in [1.165, 1.54) is 11.1 Å². The predicted octanol–water partition coefficient (Wildman–Crippen LogP) is 4.42. The number of aromatic nitrogens is 2. The van der Waals surface area contributed by atoms with Crippen LogP contribution < -0.4 is 5.73 Å². The van der Waals surface area contributed by atoms with Crippen LogP contribution in [-0.2, 0) is 6.42 Å². The molecule has 0 aliphatic rings. The van der Waals surface area contributed by atoms with Crippen LogP contribution in [0, 0.1) is 19.3 Å². The van der Waals surface area contributed by atoms with Gasteiger partial charge in [-0.1, -0.05) is 32.9 Å². The molecule has 0 fully saturated rings. The Kier molecular flexibility index (Phi) is 3.96. The summed E-state index contributed by atoms with van der Waals surface area (Å²) in [5.74, 6) is 0.665. The Bertz CT molecular complexity index is 636. The monoisotopic (exact) mass is 335 g/mol. The van der Waals surface area contributed by atoms with Crippen molar-refractivity contribution in [2.45, 2.75) is 41.0 Å². The molecule has 1 heterocycles. The van der Waals surface area contributed by atoms with Gasteiger partial charge in [0.25, 0.3) is 0 Å². The van der Waals surface area contributed by atoms with Crippen molar-refractivity contribution in [1.29, 1.82) is 0 Å². The molecule has 20 heavy (non-hydrogen) atoms. The summed E-state index contributed by atoms with van der Waals surface area (Å²) in [6, 6.07) is 6.32. The number of aryl methyl sites for hydroxylation is 2. The highest BCUT2D eigenvalue weighted by atomic mass is 79.9. The lowest BCUT2D eigenvalue weighted by Crippen LogP contribution is -2.10. The minimum atomic E-state index is 0.176.